The Kier molecular flexibility index (Phi) is 7.39. The number of aliphatic hydroxyl groups is 4. The van der Waals surface area contributed by atoms with Crippen molar-refractivity contribution in [2.24, 2.45) is 17.6 Å². The van der Waals surface area contributed by atoms with Gasteiger partial charge in [0.1, 0.15) is 22.8 Å². The molecule has 0 spiro atoms. The fourth-order valence-corrected chi connectivity index (χ4v) is 7.41. The number of hydrogen-bond donors (Lipinski definition) is 6. The topological polar surface area (TPSA) is 182 Å². The highest BCUT2D eigenvalue weighted by molar-refractivity contribution is 7.99. The number of hydrogen-bond acceptors (Lipinski definition) is 10. The Labute approximate surface area is 222 Å². The molecule has 200 valence electrons. The van der Waals surface area contributed by atoms with Crippen LogP contribution in [0.5, 0.6) is 5.75 Å². The van der Waals surface area contributed by atoms with Crippen molar-refractivity contribution in [3.8, 4) is 5.75 Å². The van der Waals surface area contributed by atoms with Crippen LogP contribution in [-0.2, 0) is 14.4 Å². The van der Waals surface area contributed by atoms with Crippen molar-refractivity contribution in [1.82, 2.24) is 4.90 Å². The van der Waals surface area contributed by atoms with Gasteiger partial charge in [-0.15, -0.1) is 11.6 Å². The first-order valence-corrected chi connectivity index (χ1v) is 13.4. The van der Waals surface area contributed by atoms with Crippen LogP contribution < -0.4 is 5.73 Å². The van der Waals surface area contributed by atoms with E-state index in [9.17, 15) is 39.9 Å². The number of nitrogens with two attached hydrogens (primary N) is 1. The van der Waals surface area contributed by atoms with Gasteiger partial charge < -0.3 is 31.3 Å². The SMILES string of the molecule is CN(C)[C@@H]1C(=O)C(C(N)=O)=C(O)[C@@]2(O)C(=O)C3=C(O)c4c(O)cccc4[C@H](CSCCCCl)C3[C@H](O)C12. The minimum absolute atomic E-state index is 0.0195. The molecule has 2 unspecified atom stereocenters. The summed E-state index contributed by atoms with van der Waals surface area (Å²) in [5.41, 5.74) is 1.53. The monoisotopic (exact) mass is 552 g/mol. The third-order valence-electron chi connectivity index (χ3n) is 7.52. The van der Waals surface area contributed by atoms with E-state index in [4.69, 9.17) is 17.3 Å². The van der Waals surface area contributed by atoms with E-state index < -0.39 is 75.6 Å². The molecule has 0 aromatic heterocycles. The molecule has 1 amide bonds. The Morgan fingerprint density at radius 3 is 2.49 bits per heavy atom. The van der Waals surface area contributed by atoms with Crippen molar-refractivity contribution in [2.45, 2.75) is 30.1 Å². The van der Waals surface area contributed by atoms with Gasteiger partial charge in [0.25, 0.3) is 5.91 Å². The maximum atomic E-state index is 14.0. The van der Waals surface area contributed by atoms with E-state index in [1.165, 1.54) is 36.8 Å². The Balaban J connectivity index is 1.98. The molecule has 12 heteroatoms. The lowest BCUT2D eigenvalue weighted by atomic mass is 9.54. The number of primary amides is 1. The maximum absolute atomic E-state index is 14.0. The molecule has 0 radical (unpaired) electrons. The van der Waals surface area contributed by atoms with Crippen LogP contribution in [-0.4, -0.2) is 97.1 Å². The molecule has 0 heterocycles. The molecule has 3 aliphatic carbocycles. The van der Waals surface area contributed by atoms with E-state index in [1.54, 1.807) is 12.1 Å². The molecule has 1 fully saturated rings. The average Bonchev–Trinajstić information content (AvgIpc) is 2.82. The number of ketones is 2. The molecule has 0 saturated heterocycles. The van der Waals surface area contributed by atoms with Gasteiger partial charge in [0.15, 0.2) is 11.4 Å². The molecule has 10 nitrogen and oxygen atoms in total. The largest absolute Gasteiger partial charge is 0.508 e. The Morgan fingerprint density at radius 1 is 1.22 bits per heavy atom. The number of alkyl halides is 1. The fraction of sp³-hybridized carbons (Fsp3) is 0.480. The second-order valence-electron chi connectivity index (χ2n) is 9.73. The quantitative estimate of drug-likeness (QED) is 0.161. The van der Waals surface area contributed by atoms with Gasteiger partial charge in [0.05, 0.1) is 23.6 Å². The van der Waals surface area contributed by atoms with Crippen LogP contribution in [0.25, 0.3) is 5.76 Å². The Hall–Kier alpha value is -2.57. The molecule has 1 saturated carbocycles. The highest BCUT2D eigenvalue weighted by atomic mass is 35.5. The molecule has 37 heavy (non-hydrogen) atoms. The molecule has 0 bridgehead atoms. The van der Waals surface area contributed by atoms with Crippen LogP contribution in [0.4, 0.5) is 0 Å². The zero-order chi connectivity index (χ0) is 27.4. The number of carbonyl (C=O) groups is 3. The zero-order valence-electron chi connectivity index (χ0n) is 20.2. The van der Waals surface area contributed by atoms with Crippen molar-refractivity contribution in [3.63, 3.8) is 0 Å². The van der Waals surface area contributed by atoms with Gasteiger partial charge in [0, 0.05) is 29.0 Å². The highest BCUT2D eigenvalue weighted by Crippen LogP contribution is 2.56. The van der Waals surface area contributed by atoms with Crippen molar-refractivity contribution in [1.29, 1.82) is 0 Å². The van der Waals surface area contributed by atoms with Gasteiger partial charge in [0.2, 0.25) is 5.78 Å². The summed E-state index contributed by atoms with van der Waals surface area (Å²) in [5, 5.41) is 56.2. The van der Waals surface area contributed by atoms with Crippen molar-refractivity contribution in [2.75, 3.05) is 31.5 Å². The predicted octanol–water partition coefficient (Wildman–Crippen LogP) is 0.838. The van der Waals surface area contributed by atoms with Gasteiger partial charge in [-0.2, -0.15) is 11.8 Å². The molecule has 1 aromatic carbocycles. The third kappa shape index (κ3) is 3.95. The number of nitrogens with zero attached hydrogens (tertiary/aromatic N) is 1. The Bertz CT molecular complexity index is 1230. The standard InChI is InChI=1S/C25H29ClN2O8S/c1-28(2)18-17-20(31)14-11(9-37-8-4-7-26)10-5-3-6-12(29)13(10)19(30)15(14)22(33)25(17,36)23(34)16(21(18)32)24(27)35/h3,5-6,11,14,17-18,20,29-31,34,36H,4,7-9H2,1-2H3,(H2,27,35)/t11-,14?,17?,18-,20-,25-/m0/s1. The van der Waals surface area contributed by atoms with Gasteiger partial charge >= 0.3 is 0 Å². The fourth-order valence-electron chi connectivity index (χ4n) is 5.96. The van der Waals surface area contributed by atoms with E-state index >= 15 is 0 Å². The van der Waals surface area contributed by atoms with Crippen molar-refractivity contribution >= 4 is 46.6 Å². The van der Waals surface area contributed by atoms with Crippen LogP contribution in [0.15, 0.2) is 35.1 Å². The summed E-state index contributed by atoms with van der Waals surface area (Å²) in [7, 11) is 2.94. The van der Waals surface area contributed by atoms with Gasteiger partial charge in [-0.05, 0) is 37.9 Å². The first-order valence-electron chi connectivity index (χ1n) is 11.7. The first-order chi connectivity index (χ1) is 17.4. The average molecular weight is 553 g/mol. The normalized spacial score (nSPS) is 31.4. The maximum Gasteiger partial charge on any atom is 0.255 e. The minimum Gasteiger partial charge on any atom is -0.508 e. The number of phenols is 1. The van der Waals surface area contributed by atoms with Crippen LogP contribution in [0.3, 0.4) is 0 Å². The van der Waals surface area contributed by atoms with E-state index in [0.717, 1.165) is 0 Å². The van der Waals surface area contributed by atoms with E-state index in [-0.39, 0.29) is 11.3 Å². The molecule has 6 atom stereocenters. The minimum atomic E-state index is -2.93. The number of amides is 1. The molecular formula is C25H29ClN2O8S. The molecule has 7 N–H and O–H groups in total. The summed E-state index contributed by atoms with van der Waals surface area (Å²) in [6.07, 6.45) is -0.915. The lowest BCUT2D eigenvalue weighted by molar-refractivity contribution is -0.169. The van der Waals surface area contributed by atoms with E-state index in [0.29, 0.717) is 29.4 Å². The number of rotatable bonds is 7. The lowest BCUT2D eigenvalue weighted by Gasteiger charge is -2.54. The van der Waals surface area contributed by atoms with Gasteiger partial charge in [-0.1, -0.05) is 12.1 Å². The molecule has 0 aliphatic heterocycles. The zero-order valence-corrected chi connectivity index (χ0v) is 21.8. The second kappa shape index (κ2) is 9.95. The van der Waals surface area contributed by atoms with Crippen LogP contribution in [0.1, 0.15) is 23.5 Å². The van der Waals surface area contributed by atoms with Crippen LogP contribution in [0.2, 0.25) is 0 Å². The number of thioether (sulfide) groups is 1. The first kappa shape index (κ1) is 27.5. The number of benzene rings is 1. The number of phenolic OH excluding ortho intramolecular Hbond substituents is 1. The number of Topliss-reactive ketones (excluding diaryl/α,β-unsaturated/α-hetero) is 2. The molecule has 1 aromatic rings. The summed E-state index contributed by atoms with van der Waals surface area (Å²) >= 11 is 7.30. The lowest BCUT2D eigenvalue weighted by Crippen LogP contribution is -2.70. The Morgan fingerprint density at radius 2 is 1.89 bits per heavy atom. The van der Waals surface area contributed by atoms with Crippen LogP contribution in [0, 0.1) is 11.8 Å². The summed E-state index contributed by atoms with van der Waals surface area (Å²) in [5.74, 6) is -7.47. The second-order valence-corrected chi connectivity index (χ2v) is 11.3. The number of aliphatic hydroxyl groups excluding tert-OH is 3. The van der Waals surface area contributed by atoms with Crippen LogP contribution >= 0.6 is 23.4 Å². The number of fused-ring (bicyclic) bond motifs is 3. The van der Waals surface area contributed by atoms with E-state index in [2.05, 4.69) is 0 Å². The highest BCUT2D eigenvalue weighted by Gasteiger charge is 2.68. The smallest absolute Gasteiger partial charge is 0.255 e. The molecular weight excluding hydrogens is 524 g/mol. The van der Waals surface area contributed by atoms with E-state index in [1.807, 2.05) is 0 Å². The predicted molar refractivity (Wildman–Crippen MR) is 137 cm³/mol. The number of halogens is 1. The third-order valence-corrected chi connectivity index (χ3v) is 8.96. The van der Waals surface area contributed by atoms with Crippen molar-refractivity contribution < 1.29 is 39.9 Å². The number of likely N-dealkylation sites (N-methyl/N-ethyl adjacent to an activating group) is 1. The summed E-state index contributed by atoms with van der Waals surface area (Å²) in [6, 6.07) is 3.20. The number of aromatic hydroxyl groups is 1. The molecule has 3 aliphatic rings. The van der Waals surface area contributed by atoms with Crippen molar-refractivity contribution in [3.05, 3.63) is 46.2 Å². The van der Waals surface area contributed by atoms with Gasteiger partial charge in [-0.3, -0.25) is 19.3 Å². The van der Waals surface area contributed by atoms with Gasteiger partial charge in [-0.25, -0.2) is 0 Å². The molecule has 4 rings (SSSR count). The number of carbonyl (C=O) groups excluding carboxylic acids is 3. The summed E-state index contributed by atoms with van der Waals surface area (Å²) < 4.78 is 0. The summed E-state index contributed by atoms with van der Waals surface area (Å²) in [6.45, 7) is 0. The summed E-state index contributed by atoms with van der Waals surface area (Å²) in [4.78, 5) is 40.7.